The minimum absolute atomic E-state index is 0.0228. The van der Waals surface area contributed by atoms with Gasteiger partial charge in [-0.1, -0.05) is 24.3 Å². The van der Waals surface area contributed by atoms with E-state index < -0.39 is 0 Å². The lowest BCUT2D eigenvalue weighted by atomic mass is 10.1. The second-order valence-corrected chi connectivity index (χ2v) is 6.62. The zero-order valence-electron chi connectivity index (χ0n) is 16.4. The van der Waals surface area contributed by atoms with Crippen molar-refractivity contribution in [3.63, 3.8) is 0 Å². The maximum atomic E-state index is 12.8. The molecule has 4 heteroatoms. The molecule has 0 aliphatic rings. The Morgan fingerprint density at radius 2 is 1.65 bits per heavy atom. The van der Waals surface area contributed by atoms with Gasteiger partial charge in [-0.3, -0.25) is 9.59 Å². The number of benzene rings is 2. The van der Waals surface area contributed by atoms with E-state index in [0.29, 0.717) is 13.1 Å². The van der Waals surface area contributed by atoms with Crippen molar-refractivity contribution < 1.29 is 9.59 Å². The second kappa shape index (κ2) is 8.65. The van der Waals surface area contributed by atoms with Crippen LogP contribution >= 0.6 is 0 Å². The molecule has 4 nitrogen and oxygen atoms in total. The standard InChI is InChI=1S/C22H28N2O2/c1-6-23(20-11-7-9-16(2)15-20)22(26)13-14-24(19(5)25)21-12-8-10-17(3)18(21)4/h7-12,15H,6,13-14H2,1-5H3. The quantitative estimate of drug-likeness (QED) is 0.773. The Morgan fingerprint density at radius 1 is 0.962 bits per heavy atom. The van der Waals surface area contributed by atoms with Gasteiger partial charge in [0.1, 0.15) is 0 Å². The highest BCUT2D eigenvalue weighted by Gasteiger charge is 2.19. The van der Waals surface area contributed by atoms with Gasteiger partial charge < -0.3 is 9.80 Å². The number of carbonyl (C=O) groups excluding carboxylic acids is 2. The molecule has 2 aromatic rings. The fourth-order valence-corrected chi connectivity index (χ4v) is 3.12. The van der Waals surface area contributed by atoms with Crippen molar-refractivity contribution in [3.05, 3.63) is 59.2 Å². The number of nitrogens with zero attached hydrogens (tertiary/aromatic N) is 2. The van der Waals surface area contributed by atoms with Crippen molar-refractivity contribution in [3.8, 4) is 0 Å². The molecule has 0 saturated carbocycles. The molecular formula is C22H28N2O2. The molecule has 0 unspecified atom stereocenters. The smallest absolute Gasteiger partial charge is 0.228 e. The highest BCUT2D eigenvalue weighted by atomic mass is 16.2. The van der Waals surface area contributed by atoms with Gasteiger partial charge in [0, 0.05) is 37.8 Å². The van der Waals surface area contributed by atoms with Crippen LogP contribution in [-0.2, 0) is 9.59 Å². The molecule has 0 aliphatic carbocycles. The first kappa shape index (κ1) is 19.7. The van der Waals surface area contributed by atoms with E-state index in [2.05, 4.69) is 0 Å². The molecule has 0 aromatic heterocycles. The Morgan fingerprint density at radius 3 is 2.27 bits per heavy atom. The van der Waals surface area contributed by atoms with Gasteiger partial charge in [-0.25, -0.2) is 0 Å². The van der Waals surface area contributed by atoms with Gasteiger partial charge in [-0.05, 0) is 62.6 Å². The predicted octanol–water partition coefficient (Wildman–Crippen LogP) is 4.41. The summed E-state index contributed by atoms with van der Waals surface area (Å²) in [5.74, 6) is -0.0280. The maximum absolute atomic E-state index is 12.8. The molecule has 0 atom stereocenters. The summed E-state index contributed by atoms with van der Waals surface area (Å²) in [5.41, 5.74) is 5.10. The SMILES string of the molecule is CCN(C(=O)CCN(C(C)=O)c1cccc(C)c1C)c1cccc(C)c1. The third-order valence-corrected chi connectivity index (χ3v) is 4.73. The van der Waals surface area contributed by atoms with Crippen molar-refractivity contribution in [1.29, 1.82) is 0 Å². The Kier molecular flexibility index (Phi) is 6.56. The molecule has 0 N–H and O–H groups in total. The molecule has 0 saturated heterocycles. The van der Waals surface area contributed by atoms with Crippen LogP contribution in [0.1, 0.15) is 37.0 Å². The van der Waals surface area contributed by atoms with Gasteiger partial charge in [-0.15, -0.1) is 0 Å². The van der Waals surface area contributed by atoms with Crippen molar-refractivity contribution in [2.45, 2.75) is 41.0 Å². The first-order chi connectivity index (χ1) is 12.3. The number of aryl methyl sites for hydroxylation is 2. The third kappa shape index (κ3) is 4.51. The van der Waals surface area contributed by atoms with Gasteiger partial charge in [0.15, 0.2) is 0 Å². The molecule has 0 aliphatic heterocycles. The molecule has 0 fully saturated rings. The summed E-state index contributed by atoms with van der Waals surface area (Å²) in [4.78, 5) is 28.4. The first-order valence-corrected chi connectivity index (χ1v) is 9.06. The molecule has 2 amide bonds. The van der Waals surface area contributed by atoms with E-state index in [1.54, 1.807) is 16.7 Å². The van der Waals surface area contributed by atoms with Crippen molar-refractivity contribution in [2.75, 3.05) is 22.9 Å². The number of anilines is 2. The van der Waals surface area contributed by atoms with Gasteiger partial charge in [0.25, 0.3) is 0 Å². The van der Waals surface area contributed by atoms with E-state index in [0.717, 1.165) is 28.1 Å². The normalized spacial score (nSPS) is 10.5. The lowest BCUT2D eigenvalue weighted by molar-refractivity contribution is -0.118. The van der Waals surface area contributed by atoms with Crippen LogP contribution in [0.3, 0.4) is 0 Å². The van der Waals surface area contributed by atoms with Crippen LogP contribution in [0, 0.1) is 20.8 Å². The van der Waals surface area contributed by atoms with Crippen LogP contribution in [0.4, 0.5) is 11.4 Å². The molecule has 0 radical (unpaired) electrons. The highest BCUT2D eigenvalue weighted by Crippen LogP contribution is 2.24. The fraction of sp³-hybridized carbons (Fsp3) is 0.364. The number of rotatable bonds is 6. The average molecular weight is 352 g/mol. The Labute approximate surface area is 156 Å². The number of amides is 2. The molecule has 2 aromatic carbocycles. The Hall–Kier alpha value is -2.62. The van der Waals surface area contributed by atoms with Crippen molar-refractivity contribution in [1.82, 2.24) is 0 Å². The summed E-state index contributed by atoms with van der Waals surface area (Å²) in [6.45, 7) is 10.5. The van der Waals surface area contributed by atoms with E-state index in [9.17, 15) is 9.59 Å². The van der Waals surface area contributed by atoms with Crippen LogP contribution in [0.2, 0.25) is 0 Å². The lowest BCUT2D eigenvalue weighted by Gasteiger charge is -2.26. The summed E-state index contributed by atoms with van der Waals surface area (Å²) in [6, 6.07) is 13.8. The highest BCUT2D eigenvalue weighted by molar-refractivity contribution is 5.96. The summed E-state index contributed by atoms with van der Waals surface area (Å²) < 4.78 is 0. The van der Waals surface area contributed by atoms with Crippen LogP contribution < -0.4 is 9.80 Å². The molecule has 138 valence electrons. The van der Waals surface area contributed by atoms with Gasteiger partial charge in [0.05, 0.1) is 0 Å². The molecule has 26 heavy (non-hydrogen) atoms. The van der Waals surface area contributed by atoms with Gasteiger partial charge in [-0.2, -0.15) is 0 Å². The average Bonchev–Trinajstić information content (AvgIpc) is 2.59. The summed E-state index contributed by atoms with van der Waals surface area (Å²) in [5, 5.41) is 0. The molecular weight excluding hydrogens is 324 g/mol. The number of hydrogen-bond acceptors (Lipinski definition) is 2. The fourth-order valence-electron chi connectivity index (χ4n) is 3.12. The second-order valence-electron chi connectivity index (χ2n) is 6.62. The molecule has 2 rings (SSSR count). The summed E-state index contributed by atoms with van der Waals surface area (Å²) in [7, 11) is 0. The third-order valence-electron chi connectivity index (χ3n) is 4.73. The largest absolute Gasteiger partial charge is 0.313 e. The van der Waals surface area contributed by atoms with Crippen LogP contribution in [-0.4, -0.2) is 24.9 Å². The monoisotopic (exact) mass is 352 g/mol. The zero-order valence-corrected chi connectivity index (χ0v) is 16.4. The minimum atomic E-state index is -0.0508. The topological polar surface area (TPSA) is 40.6 Å². The lowest BCUT2D eigenvalue weighted by Crippen LogP contribution is -2.36. The summed E-state index contributed by atoms with van der Waals surface area (Å²) in [6.07, 6.45) is 0.286. The van der Waals surface area contributed by atoms with Crippen molar-refractivity contribution >= 4 is 23.2 Å². The first-order valence-electron chi connectivity index (χ1n) is 9.06. The van der Waals surface area contributed by atoms with Crippen LogP contribution in [0.5, 0.6) is 0 Å². The zero-order chi connectivity index (χ0) is 19.3. The Bertz CT molecular complexity index is 798. The maximum Gasteiger partial charge on any atom is 0.228 e. The molecule has 0 heterocycles. The summed E-state index contributed by atoms with van der Waals surface area (Å²) >= 11 is 0. The van der Waals surface area contributed by atoms with E-state index in [-0.39, 0.29) is 18.2 Å². The number of hydrogen-bond donors (Lipinski definition) is 0. The van der Waals surface area contributed by atoms with Gasteiger partial charge in [0.2, 0.25) is 11.8 Å². The Balaban J connectivity index is 2.16. The van der Waals surface area contributed by atoms with Crippen LogP contribution in [0.15, 0.2) is 42.5 Å². The predicted molar refractivity (Wildman–Crippen MR) is 108 cm³/mol. The molecule has 0 spiro atoms. The van der Waals surface area contributed by atoms with Crippen molar-refractivity contribution in [2.24, 2.45) is 0 Å². The van der Waals surface area contributed by atoms with E-state index in [1.165, 1.54) is 0 Å². The van der Waals surface area contributed by atoms with Gasteiger partial charge >= 0.3 is 0 Å². The van der Waals surface area contributed by atoms with E-state index >= 15 is 0 Å². The molecule has 0 bridgehead atoms. The van der Waals surface area contributed by atoms with E-state index in [1.807, 2.05) is 70.2 Å². The minimum Gasteiger partial charge on any atom is -0.313 e. The number of carbonyl (C=O) groups is 2. The van der Waals surface area contributed by atoms with E-state index in [4.69, 9.17) is 0 Å². The van der Waals surface area contributed by atoms with Crippen LogP contribution in [0.25, 0.3) is 0 Å².